The molecule has 1 aromatic rings. The van der Waals surface area contributed by atoms with Gasteiger partial charge in [-0.3, -0.25) is 9.69 Å². The normalized spacial score (nSPS) is 25.4. The summed E-state index contributed by atoms with van der Waals surface area (Å²) in [5.41, 5.74) is 1.38. The van der Waals surface area contributed by atoms with Crippen LogP contribution in [0.15, 0.2) is 24.3 Å². The molecule has 1 aromatic carbocycles. The first-order valence-electron chi connectivity index (χ1n) is 9.89. The van der Waals surface area contributed by atoms with Crippen LogP contribution in [-0.2, 0) is 9.47 Å². The smallest absolute Gasteiger partial charge is 0.410 e. The van der Waals surface area contributed by atoms with Gasteiger partial charge < -0.3 is 9.47 Å². The molecule has 3 rings (SSSR count). The minimum Gasteiger partial charge on any atom is -0.444 e. The van der Waals surface area contributed by atoms with E-state index in [1.54, 1.807) is 0 Å². The maximum absolute atomic E-state index is 13.3. The van der Waals surface area contributed by atoms with Crippen LogP contribution in [0.5, 0.6) is 0 Å². The summed E-state index contributed by atoms with van der Waals surface area (Å²) in [5.74, 6) is 0.414. The topological polar surface area (TPSA) is 55.8 Å². The highest BCUT2D eigenvalue weighted by molar-refractivity contribution is 5.99. The number of carbonyl (C=O) groups is 2. The van der Waals surface area contributed by atoms with Crippen molar-refractivity contribution in [3.8, 4) is 0 Å². The second kappa shape index (κ2) is 7.63. The summed E-state index contributed by atoms with van der Waals surface area (Å²) >= 11 is 0. The van der Waals surface area contributed by atoms with E-state index in [1.165, 1.54) is 0 Å². The summed E-state index contributed by atoms with van der Waals surface area (Å²) < 4.78 is 11.3. The van der Waals surface area contributed by atoms with Crippen molar-refractivity contribution in [2.24, 2.45) is 5.92 Å². The van der Waals surface area contributed by atoms with Crippen LogP contribution in [0.3, 0.4) is 0 Å². The molecule has 0 aromatic heterocycles. The number of nitrogens with zero attached hydrogens (tertiary/aromatic N) is 1. The Hall–Kier alpha value is -1.88. The van der Waals surface area contributed by atoms with Gasteiger partial charge in [-0.25, -0.2) is 4.79 Å². The minimum atomic E-state index is -0.533. The predicted molar refractivity (Wildman–Crippen MR) is 104 cm³/mol. The zero-order chi connectivity index (χ0) is 19.8. The van der Waals surface area contributed by atoms with Crippen LogP contribution < -0.4 is 0 Å². The van der Waals surface area contributed by atoms with E-state index >= 15 is 0 Å². The highest BCUT2D eigenvalue weighted by Crippen LogP contribution is 2.35. The Balaban J connectivity index is 1.79. The number of morpholine rings is 1. The molecule has 2 fully saturated rings. The molecule has 2 bridgehead atoms. The molecule has 0 aliphatic carbocycles. The van der Waals surface area contributed by atoms with Gasteiger partial charge in [0.1, 0.15) is 5.60 Å². The molecule has 0 spiro atoms. The largest absolute Gasteiger partial charge is 0.444 e. The molecular weight excluding hydrogens is 342 g/mol. The number of amides is 1. The van der Waals surface area contributed by atoms with Crippen LogP contribution in [0.2, 0.25) is 0 Å². The van der Waals surface area contributed by atoms with Crippen molar-refractivity contribution in [1.82, 2.24) is 4.90 Å². The van der Waals surface area contributed by atoms with Crippen LogP contribution in [0, 0.1) is 5.92 Å². The van der Waals surface area contributed by atoms with E-state index in [4.69, 9.17) is 9.47 Å². The predicted octanol–water partition coefficient (Wildman–Crippen LogP) is 4.41. The average Bonchev–Trinajstić information content (AvgIpc) is 2.58. The van der Waals surface area contributed by atoms with E-state index in [9.17, 15) is 9.59 Å². The molecule has 2 heterocycles. The van der Waals surface area contributed by atoms with Crippen LogP contribution in [0.1, 0.15) is 69.3 Å². The number of hydrogen-bond acceptors (Lipinski definition) is 4. The number of ether oxygens (including phenoxy) is 2. The van der Waals surface area contributed by atoms with Gasteiger partial charge in [0.15, 0.2) is 5.78 Å². The monoisotopic (exact) mass is 373 g/mol. The van der Waals surface area contributed by atoms with Crippen molar-refractivity contribution in [2.45, 2.75) is 71.1 Å². The lowest BCUT2D eigenvalue weighted by Gasteiger charge is -2.48. The molecule has 2 unspecified atom stereocenters. The number of rotatable bonds is 3. The summed E-state index contributed by atoms with van der Waals surface area (Å²) in [6, 6.07) is 7.68. The fourth-order valence-corrected chi connectivity index (χ4v) is 4.19. The first-order chi connectivity index (χ1) is 12.7. The summed E-state index contributed by atoms with van der Waals surface area (Å²) in [5, 5.41) is 0. The fraction of sp³-hybridized carbons (Fsp3) is 0.636. The summed E-state index contributed by atoms with van der Waals surface area (Å²) in [6.45, 7) is 10.8. The third-order valence-electron chi connectivity index (χ3n) is 5.34. The third kappa shape index (κ3) is 4.34. The number of carbonyl (C=O) groups excluding carboxylic acids is 2. The van der Waals surface area contributed by atoms with Crippen molar-refractivity contribution >= 4 is 11.9 Å². The standard InChI is InChI=1S/C22H31NO4/c1-14(2)18-8-6-7-9-19(18)20(24)15-10-16-12-26-13-17(11-15)23(16)21(25)27-22(3,4)5/h6-9,14-17H,10-13H2,1-5H3. The molecule has 5 heteroatoms. The number of fused-ring (bicyclic) bond motifs is 2. The van der Waals surface area contributed by atoms with Crippen LogP contribution in [-0.4, -0.2) is 47.7 Å². The Morgan fingerprint density at radius 1 is 1.11 bits per heavy atom. The van der Waals surface area contributed by atoms with Gasteiger partial charge >= 0.3 is 6.09 Å². The maximum Gasteiger partial charge on any atom is 0.410 e. The highest BCUT2D eigenvalue weighted by atomic mass is 16.6. The molecule has 27 heavy (non-hydrogen) atoms. The summed E-state index contributed by atoms with van der Waals surface area (Å²) in [6.07, 6.45) is 0.955. The molecule has 1 amide bonds. The van der Waals surface area contributed by atoms with Gasteiger partial charge in [0, 0.05) is 11.5 Å². The molecule has 2 aliphatic heterocycles. The molecule has 2 saturated heterocycles. The van der Waals surface area contributed by atoms with Gasteiger partial charge in [0.25, 0.3) is 0 Å². The number of hydrogen-bond donors (Lipinski definition) is 0. The van der Waals surface area contributed by atoms with E-state index in [0.717, 1.165) is 11.1 Å². The third-order valence-corrected chi connectivity index (χ3v) is 5.34. The lowest BCUT2D eigenvalue weighted by Crippen LogP contribution is -2.60. The fourth-order valence-electron chi connectivity index (χ4n) is 4.19. The molecular formula is C22H31NO4. The minimum absolute atomic E-state index is 0.0810. The van der Waals surface area contributed by atoms with E-state index in [0.29, 0.717) is 32.0 Å². The number of Topliss-reactive ketones (excluding diaryl/α,β-unsaturated/α-hetero) is 1. The van der Waals surface area contributed by atoms with Crippen LogP contribution >= 0.6 is 0 Å². The second-order valence-corrected chi connectivity index (χ2v) is 9.01. The quantitative estimate of drug-likeness (QED) is 0.737. The van der Waals surface area contributed by atoms with Crippen molar-refractivity contribution in [2.75, 3.05) is 13.2 Å². The van der Waals surface area contributed by atoms with Crippen molar-refractivity contribution in [1.29, 1.82) is 0 Å². The second-order valence-electron chi connectivity index (χ2n) is 9.01. The zero-order valence-corrected chi connectivity index (χ0v) is 17.0. The van der Waals surface area contributed by atoms with Crippen LogP contribution in [0.25, 0.3) is 0 Å². The molecule has 5 nitrogen and oxygen atoms in total. The van der Waals surface area contributed by atoms with Crippen molar-refractivity contribution in [3.05, 3.63) is 35.4 Å². The lowest BCUT2D eigenvalue weighted by atomic mass is 9.79. The van der Waals surface area contributed by atoms with Crippen molar-refractivity contribution in [3.63, 3.8) is 0 Å². The Bertz CT molecular complexity index is 693. The Morgan fingerprint density at radius 3 is 2.26 bits per heavy atom. The maximum atomic E-state index is 13.3. The molecule has 0 saturated carbocycles. The molecule has 0 radical (unpaired) electrons. The zero-order valence-electron chi connectivity index (χ0n) is 17.0. The van der Waals surface area contributed by atoms with Gasteiger partial charge in [-0.15, -0.1) is 0 Å². The highest BCUT2D eigenvalue weighted by Gasteiger charge is 2.45. The number of benzene rings is 1. The van der Waals surface area contributed by atoms with Gasteiger partial charge in [-0.05, 0) is 45.1 Å². The number of ketones is 1. The average molecular weight is 373 g/mol. The van der Waals surface area contributed by atoms with E-state index in [2.05, 4.69) is 13.8 Å². The van der Waals surface area contributed by atoms with Crippen LogP contribution in [0.4, 0.5) is 4.79 Å². The van der Waals surface area contributed by atoms with E-state index in [-0.39, 0.29) is 29.9 Å². The van der Waals surface area contributed by atoms with Gasteiger partial charge in [-0.2, -0.15) is 0 Å². The Labute approximate surface area is 162 Å². The van der Waals surface area contributed by atoms with Gasteiger partial charge in [0.2, 0.25) is 0 Å². The lowest BCUT2D eigenvalue weighted by molar-refractivity contribution is -0.0861. The summed E-state index contributed by atoms with van der Waals surface area (Å²) in [4.78, 5) is 27.8. The Kier molecular flexibility index (Phi) is 5.61. The first kappa shape index (κ1) is 19.9. The van der Waals surface area contributed by atoms with Gasteiger partial charge in [-0.1, -0.05) is 38.1 Å². The van der Waals surface area contributed by atoms with Crippen molar-refractivity contribution < 1.29 is 19.1 Å². The van der Waals surface area contributed by atoms with Gasteiger partial charge in [0.05, 0.1) is 25.3 Å². The molecule has 148 valence electrons. The molecule has 0 N–H and O–H groups in total. The first-order valence-corrected chi connectivity index (χ1v) is 9.89. The summed E-state index contributed by atoms with van der Waals surface area (Å²) in [7, 11) is 0. The Morgan fingerprint density at radius 2 is 1.70 bits per heavy atom. The number of piperidine rings is 1. The molecule has 2 aliphatic rings. The molecule has 2 atom stereocenters. The SMILES string of the molecule is CC(C)c1ccccc1C(=O)C1CC2COCC(C1)N2C(=O)OC(C)(C)C. The van der Waals surface area contributed by atoms with E-state index < -0.39 is 5.60 Å². The van der Waals surface area contributed by atoms with E-state index in [1.807, 2.05) is 49.9 Å².